The number of hydrogen-bond donors (Lipinski definition) is 0. The van der Waals surface area contributed by atoms with Crippen molar-refractivity contribution in [3.63, 3.8) is 0 Å². The van der Waals surface area contributed by atoms with Gasteiger partial charge in [-0.3, -0.25) is 10.1 Å². The minimum Gasteiger partial charge on any atom is -0.497 e. The predicted molar refractivity (Wildman–Crippen MR) is 115 cm³/mol. The second-order valence-corrected chi connectivity index (χ2v) is 9.14. The van der Waals surface area contributed by atoms with Gasteiger partial charge in [0.25, 0.3) is 5.69 Å². The molecule has 0 amide bonds. The summed E-state index contributed by atoms with van der Waals surface area (Å²) in [5, 5.41) is 11.8. The molecule has 2 aromatic rings. The minimum atomic E-state index is -3.77. The molecule has 0 aromatic heterocycles. The molecule has 1 fully saturated rings. The second-order valence-electron chi connectivity index (χ2n) is 7.20. The van der Waals surface area contributed by atoms with Crippen molar-refractivity contribution < 1.29 is 18.1 Å². The van der Waals surface area contributed by atoms with E-state index < -0.39 is 14.9 Å². The summed E-state index contributed by atoms with van der Waals surface area (Å²) in [7, 11) is -2.17. The molecular formula is C21H27N3O5S. The van der Waals surface area contributed by atoms with Crippen LogP contribution >= 0.6 is 0 Å². The van der Waals surface area contributed by atoms with Crippen molar-refractivity contribution in [3.8, 4) is 5.75 Å². The normalized spacial score (nSPS) is 14.0. The Morgan fingerprint density at radius 3 is 2.23 bits per heavy atom. The van der Waals surface area contributed by atoms with E-state index in [1.54, 1.807) is 27.0 Å². The monoisotopic (exact) mass is 433 g/mol. The summed E-state index contributed by atoms with van der Waals surface area (Å²) < 4.78 is 32.1. The van der Waals surface area contributed by atoms with Gasteiger partial charge in [-0.25, -0.2) is 8.42 Å². The highest BCUT2D eigenvalue weighted by Gasteiger charge is 2.34. The van der Waals surface area contributed by atoms with Crippen LogP contribution < -0.4 is 9.64 Å². The molecule has 0 aliphatic heterocycles. The molecule has 0 bridgehead atoms. The number of rotatable bonds is 10. The molecular weight excluding hydrogens is 406 g/mol. The maximum Gasteiger partial charge on any atom is 0.293 e. The maximum atomic E-state index is 12.8. The fourth-order valence-electron chi connectivity index (χ4n) is 3.49. The number of sulfonamides is 1. The number of nitro groups is 1. The Morgan fingerprint density at radius 2 is 1.73 bits per heavy atom. The first-order chi connectivity index (χ1) is 14.3. The number of methoxy groups -OCH3 is 1. The van der Waals surface area contributed by atoms with E-state index in [2.05, 4.69) is 0 Å². The Kier molecular flexibility index (Phi) is 6.62. The number of nitro benzene ring substituents is 1. The lowest BCUT2D eigenvalue weighted by Gasteiger charge is -2.25. The van der Waals surface area contributed by atoms with Gasteiger partial charge < -0.3 is 9.64 Å². The first-order valence-electron chi connectivity index (χ1n) is 10.00. The van der Waals surface area contributed by atoms with Crippen molar-refractivity contribution >= 4 is 21.4 Å². The Balaban J connectivity index is 1.99. The standard InChI is InChI=1S/C21H27N3O5S/c1-4-22(5-2)30(27,28)19-12-13-20(21(14-19)24(25)26)23(17-8-9-17)15-16-6-10-18(29-3)11-7-16/h6-7,10-14,17H,4-5,8-9,15H2,1-3H3. The van der Waals surface area contributed by atoms with Gasteiger partial charge in [-0.15, -0.1) is 0 Å². The minimum absolute atomic E-state index is 0.0538. The molecule has 30 heavy (non-hydrogen) atoms. The van der Waals surface area contributed by atoms with Gasteiger partial charge in [0.2, 0.25) is 10.0 Å². The first-order valence-corrected chi connectivity index (χ1v) is 11.4. The zero-order valence-electron chi connectivity index (χ0n) is 17.4. The topological polar surface area (TPSA) is 93.0 Å². The highest BCUT2D eigenvalue weighted by Crippen LogP contribution is 2.39. The fourth-order valence-corrected chi connectivity index (χ4v) is 4.97. The number of benzene rings is 2. The molecule has 9 heteroatoms. The first kappa shape index (κ1) is 22.0. The fraction of sp³-hybridized carbons (Fsp3) is 0.429. The summed E-state index contributed by atoms with van der Waals surface area (Å²) in [6, 6.07) is 12.0. The van der Waals surface area contributed by atoms with Gasteiger partial charge in [0, 0.05) is 31.7 Å². The van der Waals surface area contributed by atoms with E-state index in [-0.39, 0.29) is 16.6 Å². The molecule has 0 N–H and O–H groups in total. The molecule has 0 saturated heterocycles. The van der Waals surface area contributed by atoms with Crippen LogP contribution in [-0.4, -0.2) is 43.9 Å². The highest BCUT2D eigenvalue weighted by molar-refractivity contribution is 7.89. The van der Waals surface area contributed by atoms with E-state index >= 15 is 0 Å². The van der Waals surface area contributed by atoms with Crippen LogP contribution in [0, 0.1) is 10.1 Å². The Hall–Kier alpha value is -2.65. The van der Waals surface area contributed by atoms with Gasteiger partial charge in [0.1, 0.15) is 11.4 Å². The Bertz CT molecular complexity index is 1000. The van der Waals surface area contributed by atoms with Crippen LogP contribution in [0.1, 0.15) is 32.3 Å². The molecule has 1 aliphatic carbocycles. The van der Waals surface area contributed by atoms with Crippen LogP contribution in [0.4, 0.5) is 11.4 Å². The lowest BCUT2D eigenvalue weighted by molar-refractivity contribution is -0.384. The lowest BCUT2D eigenvalue weighted by Crippen LogP contribution is -2.31. The SMILES string of the molecule is CCN(CC)S(=O)(=O)c1ccc(N(Cc2ccc(OC)cc2)C2CC2)c([N+](=O)[O-])c1. The van der Waals surface area contributed by atoms with Crippen LogP contribution in [0.5, 0.6) is 5.75 Å². The van der Waals surface area contributed by atoms with Crippen LogP contribution in [0.25, 0.3) is 0 Å². The third-order valence-corrected chi connectivity index (χ3v) is 7.34. The van der Waals surface area contributed by atoms with E-state index in [9.17, 15) is 18.5 Å². The second kappa shape index (κ2) is 9.01. The van der Waals surface area contributed by atoms with E-state index in [4.69, 9.17) is 4.74 Å². The van der Waals surface area contributed by atoms with E-state index in [0.29, 0.717) is 25.3 Å². The molecule has 0 atom stereocenters. The van der Waals surface area contributed by atoms with Gasteiger partial charge in [0.05, 0.1) is 16.9 Å². The summed E-state index contributed by atoms with van der Waals surface area (Å²) in [5.74, 6) is 0.744. The van der Waals surface area contributed by atoms with Crippen LogP contribution in [-0.2, 0) is 16.6 Å². The van der Waals surface area contributed by atoms with E-state index in [1.807, 2.05) is 29.2 Å². The quantitative estimate of drug-likeness (QED) is 0.418. The zero-order valence-corrected chi connectivity index (χ0v) is 18.3. The summed E-state index contributed by atoms with van der Waals surface area (Å²) in [4.78, 5) is 13.3. The van der Waals surface area contributed by atoms with Gasteiger partial charge >= 0.3 is 0 Å². The van der Waals surface area contributed by atoms with Crippen LogP contribution in [0.15, 0.2) is 47.4 Å². The molecule has 1 saturated carbocycles. The van der Waals surface area contributed by atoms with E-state index in [1.165, 1.54) is 16.4 Å². The molecule has 1 aliphatic rings. The van der Waals surface area contributed by atoms with Gasteiger partial charge in [-0.2, -0.15) is 4.31 Å². The van der Waals surface area contributed by atoms with Crippen molar-refractivity contribution in [1.82, 2.24) is 4.31 Å². The summed E-state index contributed by atoms with van der Waals surface area (Å²) in [5.41, 5.74) is 1.25. The molecule has 3 rings (SSSR count). The average Bonchev–Trinajstić information content (AvgIpc) is 3.58. The summed E-state index contributed by atoms with van der Waals surface area (Å²) in [6.07, 6.45) is 1.90. The molecule has 162 valence electrons. The molecule has 2 aromatic carbocycles. The lowest BCUT2D eigenvalue weighted by atomic mass is 10.1. The molecule has 0 radical (unpaired) electrons. The maximum absolute atomic E-state index is 12.8. The molecule has 0 spiro atoms. The third-order valence-electron chi connectivity index (χ3n) is 5.30. The van der Waals surface area contributed by atoms with Crippen molar-refractivity contribution in [1.29, 1.82) is 0 Å². The largest absolute Gasteiger partial charge is 0.497 e. The summed E-state index contributed by atoms with van der Waals surface area (Å²) >= 11 is 0. The summed E-state index contributed by atoms with van der Waals surface area (Å²) in [6.45, 7) is 4.60. The van der Waals surface area contributed by atoms with Crippen molar-refractivity contribution in [2.24, 2.45) is 0 Å². The van der Waals surface area contributed by atoms with Gasteiger partial charge in [-0.1, -0.05) is 26.0 Å². The van der Waals surface area contributed by atoms with Gasteiger partial charge in [-0.05, 0) is 42.7 Å². The number of nitrogens with zero attached hydrogens (tertiary/aromatic N) is 3. The van der Waals surface area contributed by atoms with Crippen molar-refractivity contribution in [3.05, 3.63) is 58.1 Å². The van der Waals surface area contributed by atoms with E-state index in [0.717, 1.165) is 24.2 Å². The Labute approximate surface area is 177 Å². The number of anilines is 1. The third kappa shape index (κ3) is 4.57. The molecule has 0 unspecified atom stereocenters. The van der Waals surface area contributed by atoms with Crippen molar-refractivity contribution in [2.45, 2.75) is 44.2 Å². The average molecular weight is 434 g/mol. The molecule has 0 heterocycles. The highest BCUT2D eigenvalue weighted by atomic mass is 32.2. The zero-order chi connectivity index (χ0) is 21.9. The van der Waals surface area contributed by atoms with Crippen LogP contribution in [0.2, 0.25) is 0 Å². The Morgan fingerprint density at radius 1 is 1.10 bits per heavy atom. The van der Waals surface area contributed by atoms with Crippen molar-refractivity contribution in [2.75, 3.05) is 25.1 Å². The smallest absolute Gasteiger partial charge is 0.293 e. The number of ether oxygens (including phenoxy) is 1. The van der Waals surface area contributed by atoms with Gasteiger partial charge in [0.15, 0.2) is 0 Å². The molecule has 8 nitrogen and oxygen atoms in total. The number of hydrogen-bond acceptors (Lipinski definition) is 6. The van der Waals surface area contributed by atoms with Crippen LogP contribution in [0.3, 0.4) is 0 Å². The predicted octanol–water partition coefficient (Wildman–Crippen LogP) is 3.80.